The Bertz CT molecular complexity index is 1540. The Hall–Kier alpha value is -3.99. The third-order valence-electron chi connectivity index (χ3n) is 9.19. The molecule has 5 heteroatoms. The number of aromatic nitrogens is 1. The lowest BCUT2D eigenvalue weighted by atomic mass is 9.75. The van der Waals surface area contributed by atoms with Crippen molar-refractivity contribution in [3.8, 4) is 11.1 Å². The highest BCUT2D eigenvalue weighted by Gasteiger charge is 2.44. The molecule has 1 aliphatic carbocycles. The van der Waals surface area contributed by atoms with Crippen LogP contribution in [-0.4, -0.2) is 40.5 Å². The molecule has 2 aliphatic heterocycles. The maximum absolute atomic E-state index is 13.7. The van der Waals surface area contributed by atoms with Crippen LogP contribution in [-0.2, 0) is 4.74 Å². The van der Waals surface area contributed by atoms with Crippen molar-refractivity contribution < 1.29 is 14.3 Å². The van der Waals surface area contributed by atoms with Gasteiger partial charge in [0.15, 0.2) is 5.78 Å². The zero-order valence-electron chi connectivity index (χ0n) is 22.2. The first-order valence-electron chi connectivity index (χ1n) is 14.1. The van der Waals surface area contributed by atoms with Gasteiger partial charge in [0.2, 0.25) is 0 Å². The number of amides is 1. The van der Waals surface area contributed by atoms with E-state index in [0.717, 1.165) is 41.3 Å². The molecular formula is C34H32N2O3. The number of nitrogens with zero attached hydrogens (tertiary/aromatic N) is 2. The van der Waals surface area contributed by atoms with Crippen LogP contribution in [0.15, 0.2) is 79.0 Å². The van der Waals surface area contributed by atoms with E-state index < -0.39 is 0 Å². The molecule has 2 fully saturated rings. The van der Waals surface area contributed by atoms with Gasteiger partial charge in [0.1, 0.15) is 6.61 Å². The van der Waals surface area contributed by atoms with E-state index in [1.807, 2.05) is 36.1 Å². The molecule has 2 atom stereocenters. The summed E-state index contributed by atoms with van der Waals surface area (Å²) in [4.78, 5) is 33.8. The number of carbonyl (C=O) groups excluding carboxylic acids is 2. The third kappa shape index (κ3) is 4.03. The zero-order valence-corrected chi connectivity index (χ0v) is 22.2. The lowest BCUT2D eigenvalue weighted by Gasteiger charge is -2.47. The number of rotatable bonds is 4. The molecule has 1 amide bonds. The molecule has 0 radical (unpaired) electrons. The average Bonchev–Trinajstić information content (AvgIpc) is 3.29. The van der Waals surface area contributed by atoms with Crippen LogP contribution >= 0.6 is 0 Å². The summed E-state index contributed by atoms with van der Waals surface area (Å²) in [6.07, 6.45) is 5.86. The van der Waals surface area contributed by atoms with E-state index in [2.05, 4.69) is 53.5 Å². The predicted molar refractivity (Wildman–Crippen MR) is 152 cm³/mol. The molecule has 1 aromatic heterocycles. The molecule has 3 aromatic carbocycles. The number of ketones is 1. The van der Waals surface area contributed by atoms with Crippen LogP contribution in [0.3, 0.4) is 0 Å². The first kappa shape index (κ1) is 24.1. The minimum atomic E-state index is -0.233. The van der Waals surface area contributed by atoms with Crippen molar-refractivity contribution in [1.82, 2.24) is 9.88 Å². The number of Topliss-reactive ketones (excluding diaryl/α,β-unsaturated/α-hetero) is 1. The Morgan fingerprint density at radius 2 is 1.54 bits per heavy atom. The van der Waals surface area contributed by atoms with Gasteiger partial charge >= 0.3 is 6.09 Å². The van der Waals surface area contributed by atoms with E-state index in [9.17, 15) is 9.59 Å². The molecule has 4 aromatic rings. The number of benzene rings is 3. The second-order valence-corrected chi connectivity index (χ2v) is 11.3. The van der Waals surface area contributed by atoms with E-state index in [1.165, 1.54) is 22.3 Å². The van der Waals surface area contributed by atoms with Crippen LogP contribution in [0.5, 0.6) is 0 Å². The standard InChI is InChI=1S/C34H32N2O3/c1-21-26(16-15-22-8-7-17-35-32(21)22)33(37)23-18-24-9-6-10-25(19-23)36(24)34(38)39-20-31-29-13-4-2-11-27(29)28-12-3-5-14-30(28)31/h2-5,7-8,11-17,23-25,31H,6,9-10,18-20H2,1H3. The van der Waals surface area contributed by atoms with Crippen LogP contribution in [0.2, 0.25) is 0 Å². The smallest absolute Gasteiger partial charge is 0.410 e. The largest absolute Gasteiger partial charge is 0.448 e. The van der Waals surface area contributed by atoms with Crippen molar-refractivity contribution in [3.63, 3.8) is 0 Å². The van der Waals surface area contributed by atoms with Gasteiger partial charge in [0.25, 0.3) is 0 Å². The quantitative estimate of drug-likeness (QED) is 0.267. The van der Waals surface area contributed by atoms with Crippen molar-refractivity contribution in [2.75, 3.05) is 6.61 Å². The van der Waals surface area contributed by atoms with E-state index in [0.29, 0.717) is 19.4 Å². The second kappa shape index (κ2) is 9.64. The van der Waals surface area contributed by atoms with Gasteiger partial charge in [-0.25, -0.2) is 4.79 Å². The van der Waals surface area contributed by atoms with Gasteiger partial charge in [-0.15, -0.1) is 0 Å². The Balaban J connectivity index is 1.08. The zero-order chi connectivity index (χ0) is 26.5. The highest BCUT2D eigenvalue weighted by atomic mass is 16.6. The Labute approximate surface area is 228 Å². The summed E-state index contributed by atoms with van der Waals surface area (Å²) >= 11 is 0. The van der Waals surface area contributed by atoms with Crippen LogP contribution in [0.25, 0.3) is 22.0 Å². The summed E-state index contributed by atoms with van der Waals surface area (Å²) in [5.41, 5.74) is 7.49. The van der Waals surface area contributed by atoms with Gasteiger partial charge in [-0.2, -0.15) is 0 Å². The number of hydrogen-bond acceptors (Lipinski definition) is 4. The summed E-state index contributed by atoms with van der Waals surface area (Å²) < 4.78 is 6.06. The van der Waals surface area contributed by atoms with E-state index in [1.54, 1.807) is 6.20 Å². The van der Waals surface area contributed by atoms with Gasteiger partial charge in [-0.3, -0.25) is 9.78 Å². The average molecular weight is 517 g/mol. The van der Waals surface area contributed by atoms with E-state index >= 15 is 0 Å². The maximum Gasteiger partial charge on any atom is 0.410 e. The molecule has 0 spiro atoms. The van der Waals surface area contributed by atoms with Gasteiger partial charge in [-0.1, -0.05) is 66.7 Å². The fourth-order valence-electron chi connectivity index (χ4n) is 7.34. The topological polar surface area (TPSA) is 59.5 Å². The van der Waals surface area contributed by atoms with Gasteiger partial charge in [0.05, 0.1) is 5.52 Å². The van der Waals surface area contributed by atoms with Gasteiger partial charge < -0.3 is 9.64 Å². The number of hydrogen-bond donors (Lipinski definition) is 0. The molecular weight excluding hydrogens is 484 g/mol. The third-order valence-corrected chi connectivity index (χ3v) is 9.19. The molecule has 3 aliphatic rings. The molecule has 2 saturated heterocycles. The van der Waals surface area contributed by atoms with E-state index in [4.69, 9.17) is 4.74 Å². The number of ether oxygens (including phenoxy) is 1. The number of aryl methyl sites for hydroxylation is 1. The molecule has 2 bridgehead atoms. The molecule has 5 nitrogen and oxygen atoms in total. The number of pyridine rings is 1. The van der Waals surface area contributed by atoms with Crippen molar-refractivity contribution in [3.05, 3.63) is 101 Å². The van der Waals surface area contributed by atoms with E-state index in [-0.39, 0.29) is 35.8 Å². The van der Waals surface area contributed by atoms with Crippen LogP contribution in [0, 0.1) is 12.8 Å². The number of piperidine rings is 2. The summed E-state index contributed by atoms with van der Waals surface area (Å²) in [5.74, 6) is 0.145. The second-order valence-electron chi connectivity index (χ2n) is 11.3. The minimum Gasteiger partial charge on any atom is -0.448 e. The lowest BCUT2D eigenvalue weighted by Crippen LogP contribution is -2.56. The Morgan fingerprint density at radius 3 is 2.23 bits per heavy atom. The first-order valence-corrected chi connectivity index (χ1v) is 14.1. The highest BCUT2D eigenvalue weighted by molar-refractivity contribution is 6.03. The van der Waals surface area contributed by atoms with Crippen molar-refractivity contribution in [1.29, 1.82) is 0 Å². The Morgan fingerprint density at radius 1 is 0.872 bits per heavy atom. The summed E-state index contributed by atoms with van der Waals surface area (Å²) in [6.45, 7) is 2.32. The fourth-order valence-corrected chi connectivity index (χ4v) is 7.34. The molecule has 0 N–H and O–H groups in total. The molecule has 2 unspecified atom stereocenters. The lowest BCUT2D eigenvalue weighted by molar-refractivity contribution is 0.00649. The Kier molecular flexibility index (Phi) is 5.95. The van der Waals surface area contributed by atoms with Gasteiger partial charge in [0, 0.05) is 41.1 Å². The fraction of sp³-hybridized carbons (Fsp3) is 0.324. The summed E-state index contributed by atoms with van der Waals surface area (Å²) in [6, 6.07) is 24.8. The summed E-state index contributed by atoms with van der Waals surface area (Å²) in [5, 5.41) is 1.05. The summed E-state index contributed by atoms with van der Waals surface area (Å²) in [7, 11) is 0. The predicted octanol–water partition coefficient (Wildman–Crippen LogP) is 7.31. The monoisotopic (exact) mass is 516 g/mol. The molecule has 196 valence electrons. The normalized spacial score (nSPS) is 21.9. The van der Waals surface area contributed by atoms with Gasteiger partial charge in [-0.05, 0) is 72.9 Å². The van der Waals surface area contributed by atoms with Crippen LogP contribution < -0.4 is 0 Å². The van der Waals surface area contributed by atoms with Crippen molar-refractivity contribution in [2.45, 2.75) is 57.0 Å². The number of fused-ring (bicyclic) bond motifs is 6. The molecule has 7 rings (SSSR count). The first-order chi connectivity index (χ1) is 19.1. The van der Waals surface area contributed by atoms with Crippen LogP contribution in [0.4, 0.5) is 4.79 Å². The maximum atomic E-state index is 13.7. The van der Waals surface area contributed by atoms with Crippen LogP contribution in [0.1, 0.15) is 65.1 Å². The molecule has 39 heavy (non-hydrogen) atoms. The minimum absolute atomic E-state index is 0.0426. The number of carbonyl (C=O) groups is 2. The molecule has 0 saturated carbocycles. The molecule has 3 heterocycles. The highest BCUT2D eigenvalue weighted by Crippen LogP contribution is 2.45. The van der Waals surface area contributed by atoms with Crippen molar-refractivity contribution in [2.24, 2.45) is 5.92 Å². The SMILES string of the molecule is Cc1c(C(=O)C2CC3CCCC(C2)N3C(=O)OCC2c3ccccc3-c3ccccc32)ccc2cccnc12. The van der Waals surface area contributed by atoms with Crippen molar-refractivity contribution >= 4 is 22.8 Å².